The van der Waals surface area contributed by atoms with Crippen LogP contribution in [0.15, 0.2) is 30.3 Å². The number of likely N-dealkylation sites (tertiary alicyclic amines) is 1. The maximum atomic E-state index is 12.5. The molecule has 1 aromatic rings. The first-order valence-electron chi connectivity index (χ1n) is 10.7. The van der Waals surface area contributed by atoms with Crippen LogP contribution < -0.4 is 5.32 Å². The predicted molar refractivity (Wildman–Crippen MR) is 106 cm³/mol. The summed E-state index contributed by atoms with van der Waals surface area (Å²) >= 11 is 0. The van der Waals surface area contributed by atoms with E-state index in [4.69, 9.17) is 9.47 Å². The standard InChI is InChI=1S/C22H32N2O4/c25-20(23-19-6-10-22(11-7-19)27-14-15-28-22)16-24-12-8-18(9-13-24)21(26)17-4-2-1-3-5-17/h1-5,18-19,21,26H,6-16H2,(H,23,25). The maximum Gasteiger partial charge on any atom is 0.234 e. The van der Waals surface area contributed by atoms with Crippen LogP contribution in [0.25, 0.3) is 0 Å². The van der Waals surface area contributed by atoms with E-state index < -0.39 is 6.10 Å². The number of carbonyl (C=O) groups is 1. The number of hydrogen-bond acceptors (Lipinski definition) is 5. The lowest BCUT2D eigenvalue weighted by Crippen LogP contribution is -2.48. The van der Waals surface area contributed by atoms with Gasteiger partial charge in [-0.3, -0.25) is 9.69 Å². The topological polar surface area (TPSA) is 71.0 Å². The second-order valence-electron chi connectivity index (χ2n) is 8.42. The van der Waals surface area contributed by atoms with E-state index in [1.54, 1.807) is 0 Å². The van der Waals surface area contributed by atoms with Gasteiger partial charge in [0.2, 0.25) is 5.91 Å². The molecular weight excluding hydrogens is 356 g/mol. The highest BCUT2D eigenvalue weighted by Crippen LogP contribution is 2.35. The van der Waals surface area contributed by atoms with Gasteiger partial charge in [0.05, 0.1) is 25.9 Å². The minimum Gasteiger partial charge on any atom is -0.388 e. The number of nitrogens with one attached hydrogen (secondary N) is 1. The average Bonchev–Trinajstić information content (AvgIpc) is 3.19. The van der Waals surface area contributed by atoms with Crippen molar-refractivity contribution in [3.05, 3.63) is 35.9 Å². The lowest BCUT2D eigenvalue weighted by molar-refractivity contribution is -0.180. The van der Waals surface area contributed by atoms with Crippen molar-refractivity contribution in [3.63, 3.8) is 0 Å². The molecule has 1 atom stereocenters. The Bertz CT molecular complexity index is 629. The van der Waals surface area contributed by atoms with E-state index in [-0.39, 0.29) is 23.7 Å². The number of rotatable bonds is 5. The molecule has 2 saturated heterocycles. The Hall–Kier alpha value is -1.47. The highest BCUT2D eigenvalue weighted by molar-refractivity contribution is 5.78. The van der Waals surface area contributed by atoms with Crippen LogP contribution >= 0.6 is 0 Å². The summed E-state index contributed by atoms with van der Waals surface area (Å²) in [6, 6.07) is 10.1. The van der Waals surface area contributed by atoms with Crippen molar-refractivity contribution in [2.45, 2.75) is 56.5 Å². The summed E-state index contributed by atoms with van der Waals surface area (Å²) in [5.41, 5.74) is 0.990. The van der Waals surface area contributed by atoms with Gasteiger partial charge in [0, 0.05) is 18.9 Å². The quantitative estimate of drug-likeness (QED) is 0.810. The minimum atomic E-state index is -0.410. The van der Waals surface area contributed by atoms with E-state index in [2.05, 4.69) is 10.2 Å². The van der Waals surface area contributed by atoms with E-state index in [0.29, 0.717) is 19.8 Å². The van der Waals surface area contributed by atoms with Crippen LogP contribution in [0.1, 0.15) is 50.2 Å². The molecule has 1 spiro atoms. The molecule has 6 heteroatoms. The third-order valence-corrected chi connectivity index (χ3v) is 6.51. The predicted octanol–water partition coefficient (Wildman–Crippen LogP) is 2.23. The van der Waals surface area contributed by atoms with E-state index in [1.165, 1.54) is 0 Å². The molecule has 28 heavy (non-hydrogen) atoms. The number of nitrogens with zero attached hydrogens (tertiary/aromatic N) is 1. The molecular formula is C22H32N2O4. The van der Waals surface area contributed by atoms with Gasteiger partial charge in [0.25, 0.3) is 0 Å². The first-order chi connectivity index (χ1) is 13.6. The van der Waals surface area contributed by atoms with Crippen LogP contribution in [0.3, 0.4) is 0 Å². The van der Waals surface area contributed by atoms with Crippen molar-refractivity contribution in [3.8, 4) is 0 Å². The zero-order valence-electron chi connectivity index (χ0n) is 16.5. The Labute approximate surface area is 167 Å². The number of amides is 1. The van der Waals surface area contributed by atoms with Gasteiger partial charge < -0.3 is 19.9 Å². The maximum absolute atomic E-state index is 12.5. The van der Waals surface area contributed by atoms with Crippen molar-refractivity contribution in [1.82, 2.24) is 10.2 Å². The van der Waals surface area contributed by atoms with Gasteiger partial charge in [0.1, 0.15) is 0 Å². The molecule has 1 unspecified atom stereocenters. The van der Waals surface area contributed by atoms with Gasteiger partial charge in [-0.1, -0.05) is 30.3 Å². The molecule has 1 saturated carbocycles. The molecule has 154 valence electrons. The van der Waals surface area contributed by atoms with Crippen molar-refractivity contribution >= 4 is 5.91 Å². The molecule has 6 nitrogen and oxygen atoms in total. The normalized spacial score (nSPS) is 25.0. The van der Waals surface area contributed by atoms with Gasteiger partial charge in [0.15, 0.2) is 5.79 Å². The van der Waals surface area contributed by atoms with Crippen LogP contribution in [-0.4, -0.2) is 60.6 Å². The minimum absolute atomic E-state index is 0.108. The fraction of sp³-hybridized carbons (Fsp3) is 0.682. The Morgan fingerprint density at radius 1 is 1.11 bits per heavy atom. The molecule has 0 bridgehead atoms. The van der Waals surface area contributed by atoms with Crippen LogP contribution in [0.4, 0.5) is 0 Å². The molecule has 2 heterocycles. The van der Waals surface area contributed by atoms with E-state index in [9.17, 15) is 9.90 Å². The third kappa shape index (κ3) is 4.74. The lowest BCUT2D eigenvalue weighted by Gasteiger charge is -2.36. The number of carbonyl (C=O) groups excluding carboxylic acids is 1. The first-order valence-corrected chi connectivity index (χ1v) is 10.7. The van der Waals surface area contributed by atoms with Crippen LogP contribution in [0.5, 0.6) is 0 Å². The number of hydrogen-bond donors (Lipinski definition) is 2. The molecule has 0 aromatic heterocycles. The highest BCUT2D eigenvalue weighted by Gasteiger charge is 2.40. The van der Waals surface area contributed by atoms with E-state index in [1.807, 2.05) is 30.3 Å². The van der Waals surface area contributed by atoms with Gasteiger partial charge in [-0.2, -0.15) is 0 Å². The average molecular weight is 389 g/mol. The summed E-state index contributed by atoms with van der Waals surface area (Å²) in [5.74, 6) is 0.00168. The third-order valence-electron chi connectivity index (χ3n) is 6.51. The van der Waals surface area contributed by atoms with Crippen molar-refractivity contribution < 1.29 is 19.4 Å². The first kappa shape index (κ1) is 19.8. The van der Waals surface area contributed by atoms with Crippen molar-refractivity contribution in [2.24, 2.45) is 5.92 Å². The Morgan fingerprint density at radius 3 is 2.39 bits per heavy atom. The summed E-state index contributed by atoms with van der Waals surface area (Å²) in [6.45, 7) is 3.54. The highest BCUT2D eigenvalue weighted by atomic mass is 16.7. The van der Waals surface area contributed by atoms with Crippen molar-refractivity contribution in [1.29, 1.82) is 0 Å². The number of aliphatic hydroxyl groups is 1. The van der Waals surface area contributed by atoms with Crippen LogP contribution in [0.2, 0.25) is 0 Å². The van der Waals surface area contributed by atoms with Gasteiger partial charge in [-0.15, -0.1) is 0 Å². The fourth-order valence-corrected chi connectivity index (χ4v) is 4.81. The largest absolute Gasteiger partial charge is 0.388 e. The summed E-state index contributed by atoms with van der Waals surface area (Å²) in [4.78, 5) is 14.7. The summed E-state index contributed by atoms with van der Waals surface area (Å²) in [7, 11) is 0. The van der Waals surface area contributed by atoms with Gasteiger partial charge in [-0.25, -0.2) is 0 Å². The smallest absolute Gasteiger partial charge is 0.234 e. The Morgan fingerprint density at radius 2 is 1.75 bits per heavy atom. The number of aliphatic hydroxyl groups excluding tert-OH is 1. The molecule has 0 radical (unpaired) electrons. The summed E-state index contributed by atoms with van der Waals surface area (Å²) in [5, 5.41) is 13.8. The number of piperidine rings is 1. The molecule has 1 aromatic carbocycles. The molecule has 3 aliphatic rings. The fourth-order valence-electron chi connectivity index (χ4n) is 4.81. The molecule has 2 N–H and O–H groups in total. The van der Waals surface area contributed by atoms with Gasteiger partial charge >= 0.3 is 0 Å². The molecule has 2 aliphatic heterocycles. The zero-order chi connectivity index (χ0) is 19.4. The molecule has 4 rings (SSSR count). The molecule has 3 fully saturated rings. The van der Waals surface area contributed by atoms with Gasteiger partial charge in [-0.05, 0) is 50.3 Å². The van der Waals surface area contributed by atoms with Crippen LogP contribution in [0, 0.1) is 5.92 Å². The zero-order valence-corrected chi connectivity index (χ0v) is 16.5. The van der Waals surface area contributed by atoms with Crippen LogP contribution in [-0.2, 0) is 14.3 Å². The molecule has 1 aliphatic carbocycles. The number of benzene rings is 1. The van der Waals surface area contributed by atoms with E-state index >= 15 is 0 Å². The van der Waals surface area contributed by atoms with E-state index in [0.717, 1.165) is 57.2 Å². The molecule has 1 amide bonds. The summed E-state index contributed by atoms with van der Waals surface area (Å²) < 4.78 is 11.5. The SMILES string of the molecule is O=C(CN1CCC(C(O)c2ccccc2)CC1)NC1CCC2(CC1)OCCO2. The Balaban J connectivity index is 1.17. The second-order valence-corrected chi connectivity index (χ2v) is 8.42. The van der Waals surface area contributed by atoms with Crippen molar-refractivity contribution in [2.75, 3.05) is 32.8 Å². The monoisotopic (exact) mass is 388 g/mol. The second kappa shape index (κ2) is 8.91. The Kier molecular flexibility index (Phi) is 6.31. The number of ether oxygens (including phenoxy) is 2. The summed E-state index contributed by atoms with van der Waals surface area (Å²) in [6.07, 6.45) is 4.98. The lowest BCUT2D eigenvalue weighted by atomic mass is 9.87.